The van der Waals surface area contributed by atoms with Gasteiger partial charge in [-0.3, -0.25) is 24.2 Å². The van der Waals surface area contributed by atoms with Crippen molar-refractivity contribution in [3.63, 3.8) is 0 Å². The van der Waals surface area contributed by atoms with Crippen LogP contribution in [0.15, 0.2) is 35.3 Å². The summed E-state index contributed by atoms with van der Waals surface area (Å²) in [5.41, 5.74) is 15.9. The predicted molar refractivity (Wildman–Crippen MR) is 178 cm³/mol. The van der Waals surface area contributed by atoms with Gasteiger partial charge in [0.05, 0.1) is 6.04 Å². The molecule has 1 fully saturated rings. The highest BCUT2D eigenvalue weighted by Crippen LogP contribution is 2.56. The van der Waals surface area contributed by atoms with Gasteiger partial charge in [-0.05, 0) is 56.4 Å². The molecule has 1 aromatic rings. The number of hydrogen-bond donors (Lipinski definition) is 6. The number of likely N-dealkylation sites (N-methyl/N-ethyl adjacent to an activating group) is 1. The van der Waals surface area contributed by atoms with Crippen LogP contribution in [-0.4, -0.2) is 77.8 Å². The number of benzene rings is 1. The number of likely N-dealkylation sites (tertiary alicyclic amines) is 1. The van der Waals surface area contributed by atoms with Crippen molar-refractivity contribution in [2.45, 2.75) is 105 Å². The fourth-order valence-electron chi connectivity index (χ4n) is 5.95. The van der Waals surface area contributed by atoms with E-state index in [2.05, 4.69) is 20.9 Å². The van der Waals surface area contributed by atoms with E-state index in [0.29, 0.717) is 32.4 Å². The summed E-state index contributed by atoms with van der Waals surface area (Å²) in [6.45, 7) is 16.6. The van der Waals surface area contributed by atoms with E-state index >= 15 is 0 Å². The molecule has 1 aromatic carbocycles. The number of nitrogens with zero attached hydrogens (tertiary/aromatic N) is 2. The molecule has 0 bridgehead atoms. The van der Waals surface area contributed by atoms with E-state index in [1.807, 2.05) is 78.8 Å². The van der Waals surface area contributed by atoms with Crippen LogP contribution in [0.2, 0.25) is 0 Å². The second-order valence-corrected chi connectivity index (χ2v) is 13.9. The molecule has 0 saturated carbocycles. The standard InChI is InChI=1S/C33H56N8O4/c1-9-37-29(45)33(8)32(6,7)31(4,5)20-41(33)28(44)24(16-13-17-38-30(35)36)39-27(43)25(18-21(2)3)40-26(42)23(34)19-22-14-11-10-12-15-22/h10-12,14-15,21,23-25H,9,13,16-20,34H2,1-8H3,(H,37,45)(H,39,43)(H,40,42)(H4,35,36,38)/t23-,24-,25-,33+/m0/s1. The minimum atomic E-state index is -1.19. The molecule has 0 aliphatic carbocycles. The molecule has 12 nitrogen and oxygen atoms in total. The van der Waals surface area contributed by atoms with E-state index in [0.717, 1.165) is 5.56 Å². The number of guanidine groups is 1. The van der Waals surface area contributed by atoms with Gasteiger partial charge in [0.15, 0.2) is 5.96 Å². The van der Waals surface area contributed by atoms with Crippen LogP contribution in [0, 0.1) is 16.7 Å². The van der Waals surface area contributed by atoms with Gasteiger partial charge >= 0.3 is 0 Å². The van der Waals surface area contributed by atoms with Crippen molar-refractivity contribution in [1.82, 2.24) is 20.9 Å². The molecule has 252 valence electrons. The van der Waals surface area contributed by atoms with Crippen molar-refractivity contribution in [3.05, 3.63) is 35.9 Å². The van der Waals surface area contributed by atoms with Crippen LogP contribution in [0.4, 0.5) is 0 Å². The highest BCUT2D eigenvalue weighted by molar-refractivity contribution is 5.97. The van der Waals surface area contributed by atoms with E-state index in [4.69, 9.17) is 17.2 Å². The van der Waals surface area contributed by atoms with Gasteiger partial charge in [0.2, 0.25) is 23.6 Å². The summed E-state index contributed by atoms with van der Waals surface area (Å²) in [7, 11) is 0. The maximum absolute atomic E-state index is 14.4. The van der Waals surface area contributed by atoms with Crippen molar-refractivity contribution in [1.29, 1.82) is 0 Å². The van der Waals surface area contributed by atoms with Crippen molar-refractivity contribution >= 4 is 29.6 Å². The van der Waals surface area contributed by atoms with Crippen LogP contribution < -0.4 is 33.2 Å². The Bertz CT molecular complexity index is 1210. The molecule has 9 N–H and O–H groups in total. The molecule has 1 aliphatic heterocycles. The van der Waals surface area contributed by atoms with Crippen molar-refractivity contribution in [2.24, 2.45) is 38.9 Å². The van der Waals surface area contributed by atoms with E-state index in [-0.39, 0.29) is 36.7 Å². The first-order valence-electron chi connectivity index (χ1n) is 15.9. The summed E-state index contributed by atoms with van der Waals surface area (Å²) < 4.78 is 0. The topological polar surface area (TPSA) is 198 Å². The number of nitrogens with one attached hydrogen (secondary N) is 3. The molecule has 1 saturated heterocycles. The second-order valence-electron chi connectivity index (χ2n) is 13.9. The van der Waals surface area contributed by atoms with Crippen LogP contribution >= 0.6 is 0 Å². The van der Waals surface area contributed by atoms with Crippen molar-refractivity contribution in [3.8, 4) is 0 Å². The lowest BCUT2D eigenvalue weighted by atomic mass is 9.61. The summed E-state index contributed by atoms with van der Waals surface area (Å²) >= 11 is 0. The Morgan fingerprint density at radius 1 is 0.956 bits per heavy atom. The van der Waals surface area contributed by atoms with Crippen LogP contribution in [-0.2, 0) is 25.6 Å². The number of amides is 4. The zero-order valence-electron chi connectivity index (χ0n) is 28.4. The zero-order valence-corrected chi connectivity index (χ0v) is 28.4. The van der Waals surface area contributed by atoms with Crippen molar-refractivity contribution < 1.29 is 19.2 Å². The molecule has 1 aliphatic rings. The minimum absolute atomic E-state index is 0.0589. The van der Waals surface area contributed by atoms with Gasteiger partial charge in [-0.2, -0.15) is 0 Å². The molecule has 0 radical (unpaired) electrons. The van der Waals surface area contributed by atoms with E-state index < -0.39 is 46.3 Å². The van der Waals surface area contributed by atoms with E-state index in [1.165, 1.54) is 0 Å². The Morgan fingerprint density at radius 2 is 1.56 bits per heavy atom. The average Bonchev–Trinajstić information content (AvgIpc) is 3.10. The van der Waals surface area contributed by atoms with Gasteiger partial charge in [-0.1, -0.05) is 71.9 Å². The molecule has 4 amide bonds. The molecule has 0 unspecified atom stereocenters. The Labute approximate surface area is 268 Å². The van der Waals surface area contributed by atoms with Gasteiger partial charge in [0, 0.05) is 25.0 Å². The summed E-state index contributed by atoms with van der Waals surface area (Å²) in [5, 5.41) is 8.65. The molecule has 0 spiro atoms. The van der Waals surface area contributed by atoms with Crippen LogP contribution in [0.25, 0.3) is 0 Å². The fraction of sp³-hybridized carbons (Fsp3) is 0.667. The first-order chi connectivity index (χ1) is 20.9. The third-order valence-corrected chi connectivity index (χ3v) is 9.58. The van der Waals surface area contributed by atoms with E-state index in [1.54, 1.807) is 11.8 Å². The highest BCUT2D eigenvalue weighted by Gasteiger charge is 2.65. The Balaban J connectivity index is 2.38. The lowest BCUT2D eigenvalue weighted by Crippen LogP contribution is -2.65. The zero-order chi connectivity index (χ0) is 34.2. The van der Waals surface area contributed by atoms with Gasteiger partial charge in [0.25, 0.3) is 0 Å². The summed E-state index contributed by atoms with van der Waals surface area (Å²) in [6.07, 6.45) is 1.27. The van der Waals surface area contributed by atoms with Gasteiger partial charge in [-0.25, -0.2) is 0 Å². The third-order valence-electron chi connectivity index (χ3n) is 9.58. The van der Waals surface area contributed by atoms with Gasteiger partial charge < -0.3 is 38.1 Å². The van der Waals surface area contributed by atoms with Gasteiger partial charge in [-0.15, -0.1) is 0 Å². The normalized spacial score (nSPS) is 20.5. The monoisotopic (exact) mass is 628 g/mol. The molecule has 1 heterocycles. The quantitative estimate of drug-likeness (QED) is 0.0958. The first-order valence-corrected chi connectivity index (χ1v) is 15.9. The SMILES string of the molecule is CCNC(=O)[C@@]1(C)N(C(=O)[C@H](CCCN=C(N)N)NC(=O)[C@H](CC(C)C)NC(=O)[C@@H](N)Cc2ccccc2)CC(C)(C)C1(C)C. The predicted octanol–water partition coefficient (Wildman–Crippen LogP) is 1.42. The first kappa shape index (κ1) is 37.5. The molecule has 12 heteroatoms. The highest BCUT2D eigenvalue weighted by atomic mass is 16.2. The molecular formula is C33H56N8O4. The third kappa shape index (κ3) is 8.96. The number of rotatable bonds is 15. The van der Waals surface area contributed by atoms with Crippen LogP contribution in [0.5, 0.6) is 0 Å². The minimum Gasteiger partial charge on any atom is -0.370 e. The number of nitrogens with two attached hydrogens (primary N) is 3. The Hall–Kier alpha value is -3.67. The molecule has 45 heavy (non-hydrogen) atoms. The molecule has 2 rings (SSSR count). The van der Waals surface area contributed by atoms with Gasteiger partial charge in [0.1, 0.15) is 17.6 Å². The Kier molecular flexibility index (Phi) is 13.0. The Morgan fingerprint density at radius 3 is 2.11 bits per heavy atom. The number of aliphatic imine (C=N–C) groups is 1. The largest absolute Gasteiger partial charge is 0.370 e. The number of hydrogen-bond acceptors (Lipinski definition) is 6. The lowest BCUT2D eigenvalue weighted by molar-refractivity contribution is -0.151. The number of carbonyl (C=O) groups is 4. The molecular weight excluding hydrogens is 572 g/mol. The molecule has 0 aromatic heterocycles. The van der Waals surface area contributed by atoms with E-state index in [9.17, 15) is 19.2 Å². The summed E-state index contributed by atoms with van der Waals surface area (Å²) in [5.74, 6) is -1.60. The summed E-state index contributed by atoms with van der Waals surface area (Å²) in [6, 6.07) is 6.63. The smallest absolute Gasteiger partial charge is 0.246 e. The lowest BCUT2D eigenvalue weighted by Gasteiger charge is -2.46. The fourth-order valence-corrected chi connectivity index (χ4v) is 5.95. The second kappa shape index (κ2) is 15.6. The van der Waals surface area contributed by atoms with Crippen LogP contribution in [0.3, 0.4) is 0 Å². The maximum Gasteiger partial charge on any atom is 0.246 e. The average molecular weight is 629 g/mol. The summed E-state index contributed by atoms with van der Waals surface area (Å²) in [4.78, 5) is 60.6. The number of carbonyl (C=O) groups excluding carboxylic acids is 4. The molecule has 4 atom stereocenters. The van der Waals surface area contributed by atoms with Crippen molar-refractivity contribution in [2.75, 3.05) is 19.6 Å². The maximum atomic E-state index is 14.4. The van der Waals surface area contributed by atoms with Crippen LogP contribution in [0.1, 0.15) is 80.2 Å².